The van der Waals surface area contributed by atoms with Gasteiger partial charge in [0.15, 0.2) is 0 Å². The Hall–Kier alpha value is -1.06. The Balaban J connectivity index is 3.31. The maximum Gasteiger partial charge on any atom is 0.303 e. The zero-order chi connectivity index (χ0) is 26.7. The van der Waals surface area contributed by atoms with Crippen molar-refractivity contribution in [1.82, 2.24) is 0 Å². The Morgan fingerprint density at radius 2 is 0.583 bits per heavy atom. The van der Waals surface area contributed by atoms with Crippen molar-refractivity contribution in [3.8, 4) is 0 Å². The summed E-state index contributed by atoms with van der Waals surface area (Å²) in [6, 6.07) is 0. The van der Waals surface area contributed by atoms with E-state index in [1.54, 1.807) is 0 Å². The Kier molecular flexibility index (Phi) is 26.2. The van der Waals surface area contributed by atoms with Crippen LogP contribution in [0.3, 0.4) is 0 Å². The first kappa shape index (κ1) is 34.9. The fraction of sp³-hybridized carbons (Fsp3) is 0.938. The van der Waals surface area contributed by atoms with Crippen molar-refractivity contribution >= 4 is 11.9 Å². The van der Waals surface area contributed by atoms with Gasteiger partial charge in [0, 0.05) is 12.8 Å². The minimum atomic E-state index is -0.659. The standard InChI is InChI=1S/C32H62O4/c1-29(25-21-17-13-9-5-3-7-11-15-19-23-27-31(33)34)30(2)26-22-18-14-10-6-4-8-12-16-20-24-28-32(35)36/h29-30H,3-28H2,1-2H3,(H,33,34)(H,35,36)/t29-,30-/m1/s1. The lowest BCUT2D eigenvalue weighted by Crippen LogP contribution is -2.08. The van der Waals surface area contributed by atoms with E-state index < -0.39 is 11.9 Å². The first-order chi connectivity index (χ1) is 17.4. The Morgan fingerprint density at radius 1 is 0.389 bits per heavy atom. The van der Waals surface area contributed by atoms with Crippen LogP contribution in [0.4, 0.5) is 0 Å². The molecule has 4 nitrogen and oxygen atoms in total. The van der Waals surface area contributed by atoms with Crippen LogP contribution in [0, 0.1) is 11.8 Å². The van der Waals surface area contributed by atoms with Crippen LogP contribution in [0.2, 0.25) is 0 Å². The van der Waals surface area contributed by atoms with Crippen LogP contribution in [0.1, 0.15) is 181 Å². The molecular weight excluding hydrogens is 448 g/mol. The monoisotopic (exact) mass is 510 g/mol. The van der Waals surface area contributed by atoms with E-state index in [1.165, 1.54) is 128 Å². The summed E-state index contributed by atoms with van der Waals surface area (Å²) in [7, 11) is 0. The molecule has 2 N–H and O–H groups in total. The van der Waals surface area contributed by atoms with E-state index in [9.17, 15) is 9.59 Å². The van der Waals surface area contributed by atoms with Gasteiger partial charge in [0.1, 0.15) is 0 Å². The van der Waals surface area contributed by atoms with Crippen molar-refractivity contribution in [3.63, 3.8) is 0 Å². The zero-order valence-electron chi connectivity index (χ0n) is 24.3. The fourth-order valence-corrected chi connectivity index (χ4v) is 5.24. The third-order valence-corrected chi connectivity index (χ3v) is 8.07. The highest BCUT2D eigenvalue weighted by Gasteiger charge is 2.11. The molecule has 0 aliphatic heterocycles. The van der Waals surface area contributed by atoms with Crippen LogP contribution in [0.25, 0.3) is 0 Å². The molecule has 0 aromatic rings. The van der Waals surface area contributed by atoms with Crippen LogP contribution in [-0.4, -0.2) is 22.2 Å². The molecular formula is C32H62O4. The molecule has 0 aliphatic carbocycles. The average Bonchev–Trinajstić information content (AvgIpc) is 2.84. The lowest BCUT2D eigenvalue weighted by Gasteiger charge is -2.19. The van der Waals surface area contributed by atoms with E-state index in [4.69, 9.17) is 10.2 Å². The second-order valence-electron chi connectivity index (χ2n) is 11.6. The molecule has 0 radical (unpaired) electrons. The molecule has 0 saturated heterocycles. The molecule has 0 unspecified atom stereocenters. The van der Waals surface area contributed by atoms with Gasteiger partial charge in [0.25, 0.3) is 0 Å². The number of carboxylic acids is 2. The highest BCUT2D eigenvalue weighted by atomic mass is 16.4. The molecule has 0 heterocycles. The summed E-state index contributed by atoms with van der Waals surface area (Å²) in [6.45, 7) is 4.92. The highest BCUT2D eigenvalue weighted by molar-refractivity contribution is 5.66. The van der Waals surface area contributed by atoms with Crippen molar-refractivity contribution < 1.29 is 19.8 Å². The number of rotatable bonds is 29. The van der Waals surface area contributed by atoms with Gasteiger partial charge in [-0.15, -0.1) is 0 Å². The van der Waals surface area contributed by atoms with Crippen molar-refractivity contribution in [3.05, 3.63) is 0 Å². The summed E-state index contributed by atoms with van der Waals surface area (Å²) in [5.74, 6) is 0.407. The van der Waals surface area contributed by atoms with Gasteiger partial charge < -0.3 is 10.2 Å². The molecule has 0 bridgehead atoms. The summed E-state index contributed by atoms with van der Waals surface area (Å²) in [6.07, 6.45) is 31.5. The second-order valence-corrected chi connectivity index (χ2v) is 11.6. The molecule has 2 atom stereocenters. The van der Waals surface area contributed by atoms with Gasteiger partial charge in [-0.1, -0.05) is 155 Å². The van der Waals surface area contributed by atoms with E-state index >= 15 is 0 Å². The number of aliphatic carboxylic acids is 2. The van der Waals surface area contributed by atoms with E-state index in [0.717, 1.165) is 37.5 Å². The van der Waals surface area contributed by atoms with Crippen molar-refractivity contribution in [1.29, 1.82) is 0 Å². The molecule has 0 fully saturated rings. The maximum atomic E-state index is 10.5. The molecule has 0 aromatic carbocycles. The highest BCUT2D eigenvalue weighted by Crippen LogP contribution is 2.24. The zero-order valence-corrected chi connectivity index (χ0v) is 24.3. The second kappa shape index (κ2) is 27.0. The van der Waals surface area contributed by atoms with Gasteiger partial charge in [-0.2, -0.15) is 0 Å². The average molecular weight is 511 g/mol. The van der Waals surface area contributed by atoms with Gasteiger partial charge in [0.05, 0.1) is 0 Å². The van der Waals surface area contributed by atoms with Crippen LogP contribution in [-0.2, 0) is 9.59 Å². The van der Waals surface area contributed by atoms with Crippen LogP contribution in [0.15, 0.2) is 0 Å². The van der Waals surface area contributed by atoms with Gasteiger partial charge in [-0.3, -0.25) is 9.59 Å². The molecule has 4 heteroatoms. The molecule has 36 heavy (non-hydrogen) atoms. The lowest BCUT2D eigenvalue weighted by molar-refractivity contribution is -0.138. The van der Waals surface area contributed by atoms with E-state index in [2.05, 4.69) is 13.8 Å². The fourth-order valence-electron chi connectivity index (χ4n) is 5.24. The molecule has 214 valence electrons. The molecule has 0 amide bonds. The van der Waals surface area contributed by atoms with Crippen molar-refractivity contribution in [2.24, 2.45) is 11.8 Å². The maximum absolute atomic E-state index is 10.5. The number of hydrogen-bond donors (Lipinski definition) is 2. The van der Waals surface area contributed by atoms with Crippen LogP contribution in [0.5, 0.6) is 0 Å². The third-order valence-electron chi connectivity index (χ3n) is 8.07. The minimum absolute atomic E-state index is 0.333. The van der Waals surface area contributed by atoms with Gasteiger partial charge in [0.2, 0.25) is 0 Å². The Labute approximate surface area is 224 Å². The quantitative estimate of drug-likeness (QED) is 0.0981. The van der Waals surface area contributed by atoms with Gasteiger partial charge >= 0.3 is 11.9 Å². The predicted octanol–water partition coefficient (Wildman–Crippen LogP) is 10.6. The SMILES string of the molecule is C[C@H](CCCCCCCCCCCCCC(=O)O)[C@H](C)CCCCCCCCCCCCCC(=O)O. The largest absolute Gasteiger partial charge is 0.481 e. The number of carbonyl (C=O) groups is 2. The predicted molar refractivity (Wildman–Crippen MR) is 154 cm³/mol. The van der Waals surface area contributed by atoms with Gasteiger partial charge in [-0.05, 0) is 24.7 Å². The van der Waals surface area contributed by atoms with Crippen LogP contribution < -0.4 is 0 Å². The minimum Gasteiger partial charge on any atom is -0.481 e. The van der Waals surface area contributed by atoms with Gasteiger partial charge in [-0.25, -0.2) is 0 Å². The Morgan fingerprint density at radius 3 is 0.806 bits per heavy atom. The van der Waals surface area contributed by atoms with Crippen molar-refractivity contribution in [2.45, 2.75) is 181 Å². The molecule has 0 saturated carbocycles. The number of carboxylic acid groups (broad SMARTS) is 2. The first-order valence-electron chi connectivity index (χ1n) is 15.9. The molecule has 0 aliphatic rings. The smallest absolute Gasteiger partial charge is 0.303 e. The van der Waals surface area contributed by atoms with Crippen molar-refractivity contribution in [2.75, 3.05) is 0 Å². The summed E-state index contributed by atoms with van der Waals surface area (Å²) in [5, 5.41) is 17.3. The number of hydrogen-bond acceptors (Lipinski definition) is 2. The molecule has 0 spiro atoms. The molecule has 0 aromatic heterocycles. The number of unbranched alkanes of at least 4 members (excludes halogenated alkanes) is 20. The van der Waals surface area contributed by atoms with E-state index in [1.807, 2.05) is 0 Å². The first-order valence-corrected chi connectivity index (χ1v) is 15.9. The normalized spacial score (nSPS) is 13.1. The summed E-state index contributed by atoms with van der Waals surface area (Å²) in [5.41, 5.74) is 0. The Bertz CT molecular complexity index is 447. The van der Waals surface area contributed by atoms with Crippen LogP contribution >= 0.6 is 0 Å². The summed E-state index contributed by atoms with van der Waals surface area (Å²) >= 11 is 0. The topological polar surface area (TPSA) is 74.6 Å². The van der Waals surface area contributed by atoms with E-state index in [-0.39, 0.29) is 0 Å². The summed E-state index contributed by atoms with van der Waals surface area (Å²) < 4.78 is 0. The lowest BCUT2D eigenvalue weighted by atomic mass is 9.86. The molecule has 0 rings (SSSR count). The van der Waals surface area contributed by atoms with E-state index in [0.29, 0.717) is 12.8 Å². The summed E-state index contributed by atoms with van der Waals surface area (Å²) in [4.78, 5) is 21.0. The third kappa shape index (κ3) is 27.5.